The van der Waals surface area contributed by atoms with Crippen LogP contribution in [0.5, 0.6) is 0 Å². The number of rotatable bonds is 14. The first-order chi connectivity index (χ1) is 10.4. The number of unbranched alkanes of at least 4 members (excludes halogenated alkanes) is 11. The second-order valence-electron chi connectivity index (χ2n) is 6.18. The summed E-state index contributed by atoms with van der Waals surface area (Å²) in [6.07, 6.45) is 18.1. The zero-order valence-electron chi connectivity index (χ0n) is 13.7. The Morgan fingerprint density at radius 1 is 0.524 bits per heavy atom. The van der Waals surface area contributed by atoms with Crippen LogP contribution in [-0.4, -0.2) is 5.75 Å². The number of aryl methyl sites for hydroxylation is 1. The average Bonchev–Trinajstić information content (AvgIpc) is 2.53. The zero-order valence-corrected chi connectivity index (χ0v) is 14.5. The molecule has 0 amide bonds. The van der Waals surface area contributed by atoms with Gasteiger partial charge in [0.15, 0.2) is 0 Å². The molecule has 0 N–H and O–H groups in total. The molecule has 0 saturated heterocycles. The Bertz CT molecular complexity index is 307. The summed E-state index contributed by atoms with van der Waals surface area (Å²) in [7, 11) is 0. The summed E-state index contributed by atoms with van der Waals surface area (Å²) in [4.78, 5) is 0. The molecular formula is C20H33S. The van der Waals surface area contributed by atoms with Gasteiger partial charge in [0.2, 0.25) is 0 Å². The standard InChI is InChI=1S/C20H33S/c21-19-15-10-8-6-4-2-1-3-5-7-9-12-16-20-17-13-11-14-18-20/h11,13-14,17-18H,1-10,12,15-16,19H2. The maximum Gasteiger partial charge on any atom is 0.00369 e. The Kier molecular flexibility index (Phi) is 12.9. The molecule has 1 aromatic carbocycles. The molecule has 0 aliphatic carbocycles. The largest absolute Gasteiger partial charge is 0.0942 e. The van der Waals surface area contributed by atoms with Gasteiger partial charge in [-0.3, -0.25) is 0 Å². The molecule has 0 saturated carbocycles. The van der Waals surface area contributed by atoms with E-state index >= 15 is 0 Å². The van der Waals surface area contributed by atoms with E-state index in [1.54, 1.807) is 0 Å². The second-order valence-corrected chi connectivity index (χ2v) is 6.59. The molecule has 0 fully saturated rings. The molecule has 0 aromatic heterocycles. The van der Waals surface area contributed by atoms with Crippen molar-refractivity contribution < 1.29 is 0 Å². The van der Waals surface area contributed by atoms with Gasteiger partial charge in [-0.1, -0.05) is 107 Å². The van der Waals surface area contributed by atoms with Crippen LogP contribution in [-0.2, 0) is 6.42 Å². The third-order valence-corrected chi connectivity index (χ3v) is 4.49. The Labute approximate surface area is 138 Å². The highest BCUT2D eigenvalue weighted by molar-refractivity contribution is 7.80. The van der Waals surface area contributed by atoms with Crippen molar-refractivity contribution in [2.75, 3.05) is 5.75 Å². The van der Waals surface area contributed by atoms with E-state index in [0.717, 1.165) is 5.75 Å². The molecule has 0 bridgehead atoms. The highest BCUT2D eigenvalue weighted by Gasteiger charge is 1.95. The highest BCUT2D eigenvalue weighted by Crippen LogP contribution is 2.13. The zero-order chi connectivity index (χ0) is 15.0. The molecule has 0 heterocycles. The van der Waals surface area contributed by atoms with Gasteiger partial charge in [-0.2, -0.15) is 0 Å². The molecule has 119 valence electrons. The smallest absolute Gasteiger partial charge is 0.00369 e. The Balaban J connectivity index is 1.75. The summed E-state index contributed by atoms with van der Waals surface area (Å²) in [5.41, 5.74) is 1.49. The van der Waals surface area contributed by atoms with Gasteiger partial charge >= 0.3 is 0 Å². The van der Waals surface area contributed by atoms with Crippen molar-refractivity contribution in [2.24, 2.45) is 0 Å². The Morgan fingerprint density at radius 2 is 0.952 bits per heavy atom. The molecule has 0 nitrogen and oxygen atoms in total. The fraction of sp³-hybridized carbons (Fsp3) is 0.700. The minimum Gasteiger partial charge on any atom is -0.0942 e. The third kappa shape index (κ3) is 11.9. The van der Waals surface area contributed by atoms with Crippen LogP contribution in [0.2, 0.25) is 0 Å². The molecule has 0 spiro atoms. The van der Waals surface area contributed by atoms with Crippen molar-refractivity contribution in [3.63, 3.8) is 0 Å². The summed E-state index contributed by atoms with van der Waals surface area (Å²) in [5.74, 6) is 0.949. The van der Waals surface area contributed by atoms with Crippen LogP contribution >= 0.6 is 12.6 Å². The van der Waals surface area contributed by atoms with Gasteiger partial charge in [0.05, 0.1) is 0 Å². The predicted octanol–water partition coefficient (Wildman–Crippen LogP) is 7.11. The molecule has 1 heteroatoms. The van der Waals surface area contributed by atoms with Crippen LogP contribution in [0.25, 0.3) is 0 Å². The van der Waals surface area contributed by atoms with Gasteiger partial charge in [0.1, 0.15) is 0 Å². The Morgan fingerprint density at radius 3 is 1.43 bits per heavy atom. The average molecular weight is 306 g/mol. The molecule has 21 heavy (non-hydrogen) atoms. The van der Waals surface area contributed by atoms with E-state index in [1.165, 1.54) is 89.0 Å². The maximum atomic E-state index is 4.96. The normalized spacial score (nSPS) is 10.9. The van der Waals surface area contributed by atoms with E-state index in [-0.39, 0.29) is 0 Å². The molecule has 1 rings (SSSR count). The van der Waals surface area contributed by atoms with E-state index in [4.69, 9.17) is 12.6 Å². The third-order valence-electron chi connectivity index (χ3n) is 4.20. The summed E-state index contributed by atoms with van der Waals surface area (Å²) >= 11 is 4.96. The lowest BCUT2D eigenvalue weighted by Gasteiger charge is -2.03. The quantitative estimate of drug-likeness (QED) is 0.321. The Hall–Kier alpha value is -0.430. The number of hydrogen-bond acceptors (Lipinski definition) is 0. The monoisotopic (exact) mass is 305 g/mol. The number of hydrogen-bond donors (Lipinski definition) is 0. The van der Waals surface area contributed by atoms with E-state index < -0.39 is 0 Å². The van der Waals surface area contributed by atoms with Gasteiger partial charge < -0.3 is 0 Å². The minimum absolute atomic E-state index is 0.949. The summed E-state index contributed by atoms with van der Waals surface area (Å²) in [5, 5.41) is 0. The van der Waals surface area contributed by atoms with E-state index in [0.29, 0.717) is 0 Å². The van der Waals surface area contributed by atoms with Crippen molar-refractivity contribution in [3.8, 4) is 0 Å². The lowest BCUT2D eigenvalue weighted by Crippen LogP contribution is -1.86. The molecule has 0 unspecified atom stereocenters. The van der Waals surface area contributed by atoms with Crippen LogP contribution in [0, 0.1) is 0 Å². The summed E-state index contributed by atoms with van der Waals surface area (Å²) in [6.45, 7) is 0. The molecule has 1 aromatic rings. The van der Waals surface area contributed by atoms with E-state index in [9.17, 15) is 0 Å². The lowest BCUT2D eigenvalue weighted by molar-refractivity contribution is 0.544. The van der Waals surface area contributed by atoms with Crippen molar-refractivity contribution in [1.29, 1.82) is 0 Å². The van der Waals surface area contributed by atoms with Crippen molar-refractivity contribution >= 4 is 12.6 Å². The first-order valence-electron chi connectivity index (χ1n) is 9.05. The van der Waals surface area contributed by atoms with E-state index in [2.05, 4.69) is 30.3 Å². The van der Waals surface area contributed by atoms with Crippen LogP contribution in [0.15, 0.2) is 30.3 Å². The van der Waals surface area contributed by atoms with Gasteiger partial charge in [-0.05, 0) is 24.8 Å². The molecule has 1 radical (unpaired) electrons. The van der Waals surface area contributed by atoms with E-state index in [1.807, 2.05) is 0 Å². The van der Waals surface area contributed by atoms with Gasteiger partial charge in [-0.15, -0.1) is 0 Å². The maximum absolute atomic E-state index is 4.96. The first kappa shape index (κ1) is 18.6. The molecule has 0 aliphatic heterocycles. The summed E-state index contributed by atoms with van der Waals surface area (Å²) < 4.78 is 0. The second kappa shape index (κ2) is 14.5. The summed E-state index contributed by atoms with van der Waals surface area (Å²) in [6, 6.07) is 10.9. The first-order valence-corrected chi connectivity index (χ1v) is 9.63. The van der Waals surface area contributed by atoms with Crippen LogP contribution < -0.4 is 0 Å². The fourth-order valence-electron chi connectivity index (χ4n) is 2.84. The molecular weight excluding hydrogens is 272 g/mol. The van der Waals surface area contributed by atoms with Gasteiger partial charge in [0.25, 0.3) is 0 Å². The topological polar surface area (TPSA) is 0 Å². The van der Waals surface area contributed by atoms with Gasteiger partial charge in [-0.25, -0.2) is 0 Å². The van der Waals surface area contributed by atoms with Crippen LogP contribution in [0.4, 0.5) is 0 Å². The van der Waals surface area contributed by atoms with Crippen molar-refractivity contribution in [3.05, 3.63) is 35.9 Å². The predicted molar refractivity (Wildman–Crippen MR) is 98.0 cm³/mol. The van der Waals surface area contributed by atoms with Crippen molar-refractivity contribution in [1.82, 2.24) is 0 Å². The van der Waals surface area contributed by atoms with Crippen LogP contribution in [0.1, 0.15) is 82.6 Å². The fourth-order valence-corrected chi connectivity index (χ4v) is 3.05. The minimum atomic E-state index is 0.949. The lowest BCUT2D eigenvalue weighted by atomic mass is 10.0. The van der Waals surface area contributed by atoms with Crippen molar-refractivity contribution in [2.45, 2.75) is 83.5 Å². The molecule has 0 aliphatic rings. The van der Waals surface area contributed by atoms with Crippen LogP contribution in [0.3, 0.4) is 0 Å². The SMILES string of the molecule is [S]CCCCCCCCCCCCCCc1ccccc1. The molecule has 0 atom stereocenters. The number of benzene rings is 1. The van der Waals surface area contributed by atoms with Gasteiger partial charge in [0, 0.05) is 5.75 Å². The highest BCUT2D eigenvalue weighted by atomic mass is 32.1.